The van der Waals surface area contributed by atoms with Crippen molar-refractivity contribution in [2.24, 2.45) is 11.3 Å². The molecule has 1 aromatic heterocycles. The Morgan fingerprint density at radius 2 is 2.00 bits per heavy atom. The van der Waals surface area contributed by atoms with Gasteiger partial charge in [-0.2, -0.15) is 0 Å². The van der Waals surface area contributed by atoms with Gasteiger partial charge in [0.25, 0.3) is 0 Å². The Bertz CT molecular complexity index is 825. The standard InChI is InChI=1S/C22H27N3O3/c26-21(23-13-18-19(28-15-24-18)16-5-2-1-3-6-16)25-14-22(9-4-10-22)20(25)17-7-11-27-12-8-17/h1-3,5-6,15,17,20H,4,7-14H2,(H,23,26). The van der Waals surface area contributed by atoms with E-state index in [0.717, 1.165) is 49.6 Å². The zero-order valence-corrected chi connectivity index (χ0v) is 16.1. The van der Waals surface area contributed by atoms with Crippen molar-refractivity contribution < 1.29 is 13.9 Å². The quantitative estimate of drug-likeness (QED) is 0.874. The number of ether oxygens (including phenoxy) is 1. The summed E-state index contributed by atoms with van der Waals surface area (Å²) in [6, 6.07) is 10.3. The summed E-state index contributed by atoms with van der Waals surface area (Å²) in [7, 11) is 0. The van der Waals surface area contributed by atoms with Crippen LogP contribution in [0.15, 0.2) is 41.1 Å². The van der Waals surface area contributed by atoms with Gasteiger partial charge in [0.1, 0.15) is 5.69 Å². The third-order valence-electron chi connectivity index (χ3n) is 6.86. The van der Waals surface area contributed by atoms with E-state index in [1.54, 1.807) is 0 Å². The van der Waals surface area contributed by atoms with E-state index in [2.05, 4.69) is 15.2 Å². The number of hydrogen-bond donors (Lipinski definition) is 1. The van der Waals surface area contributed by atoms with Crippen molar-refractivity contribution in [3.05, 3.63) is 42.4 Å². The third kappa shape index (κ3) is 3.00. The second kappa shape index (κ2) is 7.24. The summed E-state index contributed by atoms with van der Waals surface area (Å²) in [5.41, 5.74) is 2.12. The molecule has 3 aliphatic rings. The van der Waals surface area contributed by atoms with Crippen LogP contribution in [-0.2, 0) is 11.3 Å². The Morgan fingerprint density at radius 1 is 1.21 bits per heavy atom. The summed E-state index contributed by atoms with van der Waals surface area (Å²) in [4.78, 5) is 19.4. The van der Waals surface area contributed by atoms with Crippen molar-refractivity contribution in [2.45, 2.75) is 44.7 Å². The van der Waals surface area contributed by atoms with Crippen molar-refractivity contribution in [3.63, 3.8) is 0 Å². The number of aromatic nitrogens is 1. The molecule has 1 spiro atoms. The summed E-state index contributed by atoms with van der Waals surface area (Å²) >= 11 is 0. The minimum absolute atomic E-state index is 0.0241. The van der Waals surface area contributed by atoms with Gasteiger partial charge >= 0.3 is 6.03 Å². The summed E-state index contributed by atoms with van der Waals surface area (Å²) < 4.78 is 11.1. The van der Waals surface area contributed by atoms with Crippen molar-refractivity contribution in [1.82, 2.24) is 15.2 Å². The molecule has 1 aliphatic carbocycles. The van der Waals surface area contributed by atoms with Crippen LogP contribution >= 0.6 is 0 Å². The molecule has 0 bridgehead atoms. The molecule has 2 aromatic rings. The van der Waals surface area contributed by atoms with Gasteiger partial charge in [0, 0.05) is 36.8 Å². The topological polar surface area (TPSA) is 67.6 Å². The summed E-state index contributed by atoms with van der Waals surface area (Å²) in [6.07, 6.45) is 7.41. The van der Waals surface area contributed by atoms with Crippen LogP contribution in [0.1, 0.15) is 37.8 Å². The van der Waals surface area contributed by atoms with Gasteiger partial charge in [-0.05, 0) is 31.6 Å². The largest absolute Gasteiger partial charge is 0.443 e. The molecular formula is C22H27N3O3. The third-order valence-corrected chi connectivity index (χ3v) is 6.86. The molecule has 1 saturated carbocycles. The van der Waals surface area contributed by atoms with E-state index >= 15 is 0 Å². The lowest BCUT2D eigenvalue weighted by atomic mass is 9.54. The predicted molar refractivity (Wildman–Crippen MR) is 104 cm³/mol. The first-order valence-electron chi connectivity index (χ1n) is 10.4. The molecule has 2 amide bonds. The fraction of sp³-hybridized carbons (Fsp3) is 0.545. The van der Waals surface area contributed by atoms with Gasteiger partial charge in [-0.15, -0.1) is 0 Å². The smallest absolute Gasteiger partial charge is 0.318 e. The Labute approximate surface area is 165 Å². The van der Waals surface area contributed by atoms with Crippen LogP contribution in [0.5, 0.6) is 0 Å². The van der Waals surface area contributed by atoms with Crippen LogP contribution in [0.4, 0.5) is 4.79 Å². The highest BCUT2D eigenvalue weighted by atomic mass is 16.5. The van der Waals surface area contributed by atoms with Crippen molar-refractivity contribution in [2.75, 3.05) is 19.8 Å². The highest BCUT2D eigenvalue weighted by Gasteiger charge is 2.59. The number of carbonyl (C=O) groups excluding carboxylic acids is 1. The highest BCUT2D eigenvalue weighted by molar-refractivity contribution is 5.76. The molecule has 2 aliphatic heterocycles. The fourth-order valence-electron chi connectivity index (χ4n) is 5.30. The summed E-state index contributed by atoms with van der Waals surface area (Å²) in [5.74, 6) is 1.29. The molecule has 1 aromatic carbocycles. The van der Waals surface area contributed by atoms with Crippen LogP contribution in [0.25, 0.3) is 11.3 Å². The number of amides is 2. The van der Waals surface area contributed by atoms with Gasteiger partial charge in [-0.25, -0.2) is 9.78 Å². The monoisotopic (exact) mass is 381 g/mol. The first-order valence-corrected chi connectivity index (χ1v) is 10.4. The van der Waals surface area contributed by atoms with Gasteiger partial charge in [0.15, 0.2) is 12.2 Å². The van der Waals surface area contributed by atoms with Crippen LogP contribution < -0.4 is 5.32 Å². The zero-order valence-electron chi connectivity index (χ0n) is 16.1. The number of benzene rings is 1. The van der Waals surface area contributed by atoms with Gasteiger partial charge in [0.05, 0.1) is 6.54 Å². The number of hydrogen-bond acceptors (Lipinski definition) is 4. The van der Waals surface area contributed by atoms with Gasteiger partial charge in [-0.3, -0.25) is 0 Å². The number of likely N-dealkylation sites (tertiary alicyclic amines) is 1. The molecule has 0 radical (unpaired) electrons. The van der Waals surface area contributed by atoms with E-state index in [9.17, 15) is 4.79 Å². The van der Waals surface area contributed by atoms with Crippen molar-refractivity contribution in [1.29, 1.82) is 0 Å². The lowest BCUT2D eigenvalue weighted by Crippen LogP contribution is -2.72. The van der Waals surface area contributed by atoms with Crippen LogP contribution in [0, 0.1) is 11.3 Å². The molecule has 1 N–H and O–H groups in total. The van der Waals surface area contributed by atoms with Crippen molar-refractivity contribution in [3.8, 4) is 11.3 Å². The fourth-order valence-corrected chi connectivity index (χ4v) is 5.30. The maximum atomic E-state index is 13.0. The van der Waals surface area contributed by atoms with Crippen LogP contribution in [0.2, 0.25) is 0 Å². The van der Waals surface area contributed by atoms with Gasteiger partial charge in [-0.1, -0.05) is 36.8 Å². The Hall–Kier alpha value is -2.34. The molecule has 6 nitrogen and oxygen atoms in total. The van der Waals surface area contributed by atoms with E-state index in [1.165, 1.54) is 25.7 Å². The Morgan fingerprint density at radius 3 is 2.71 bits per heavy atom. The number of nitrogens with zero attached hydrogens (tertiary/aromatic N) is 2. The maximum absolute atomic E-state index is 13.0. The van der Waals surface area contributed by atoms with E-state index < -0.39 is 0 Å². The average Bonchev–Trinajstić information content (AvgIpc) is 3.15. The SMILES string of the molecule is O=C(NCc1ncoc1-c1ccccc1)N1CC2(CCC2)C1C1CCOCC1. The molecule has 3 heterocycles. The molecule has 148 valence electrons. The average molecular weight is 381 g/mol. The van der Waals surface area contributed by atoms with E-state index in [0.29, 0.717) is 23.9 Å². The first-order chi connectivity index (χ1) is 13.8. The molecule has 28 heavy (non-hydrogen) atoms. The number of nitrogens with one attached hydrogen (secondary N) is 1. The molecule has 1 unspecified atom stereocenters. The van der Waals surface area contributed by atoms with E-state index in [4.69, 9.17) is 9.15 Å². The molecule has 3 fully saturated rings. The lowest BCUT2D eigenvalue weighted by Gasteiger charge is -2.64. The van der Waals surface area contributed by atoms with E-state index in [1.807, 2.05) is 30.3 Å². The second-order valence-corrected chi connectivity index (χ2v) is 8.39. The number of urea groups is 1. The Kier molecular flexibility index (Phi) is 4.59. The summed E-state index contributed by atoms with van der Waals surface area (Å²) in [5, 5.41) is 3.09. The number of carbonyl (C=O) groups is 1. The second-order valence-electron chi connectivity index (χ2n) is 8.39. The van der Waals surface area contributed by atoms with Gasteiger partial charge in [0.2, 0.25) is 0 Å². The minimum atomic E-state index is 0.0241. The zero-order chi connectivity index (χ0) is 19.0. The summed E-state index contributed by atoms with van der Waals surface area (Å²) in [6.45, 7) is 2.92. The normalized spacial score (nSPS) is 23.9. The molecule has 6 heteroatoms. The molecule has 1 atom stereocenters. The molecule has 2 saturated heterocycles. The van der Waals surface area contributed by atoms with Gasteiger partial charge < -0.3 is 19.4 Å². The predicted octanol–water partition coefficient (Wildman–Crippen LogP) is 3.83. The molecule has 5 rings (SSSR count). The van der Waals surface area contributed by atoms with Crippen LogP contribution in [-0.4, -0.2) is 41.7 Å². The Balaban J connectivity index is 1.26. The lowest BCUT2D eigenvalue weighted by molar-refractivity contribution is -0.137. The maximum Gasteiger partial charge on any atom is 0.318 e. The first kappa shape index (κ1) is 17.7. The van der Waals surface area contributed by atoms with Crippen molar-refractivity contribution >= 4 is 6.03 Å². The van der Waals surface area contributed by atoms with E-state index in [-0.39, 0.29) is 6.03 Å². The van der Waals surface area contributed by atoms with Crippen LogP contribution in [0.3, 0.4) is 0 Å². The minimum Gasteiger partial charge on any atom is -0.443 e. The number of rotatable bonds is 4. The highest BCUT2D eigenvalue weighted by Crippen LogP contribution is 2.56. The molecular weight excluding hydrogens is 354 g/mol. The number of oxazole rings is 1.